The molecule has 2 heterocycles. The molecule has 0 atom stereocenters. The second kappa shape index (κ2) is 8.93. The lowest BCUT2D eigenvalue weighted by molar-refractivity contribution is 0.259. The van der Waals surface area contributed by atoms with Gasteiger partial charge in [-0.15, -0.1) is 0 Å². The van der Waals surface area contributed by atoms with Crippen molar-refractivity contribution in [2.24, 2.45) is 10.9 Å². The first kappa shape index (κ1) is 22.7. The summed E-state index contributed by atoms with van der Waals surface area (Å²) < 4.78 is 22.9. The Morgan fingerprint density at radius 3 is 2.29 bits per heavy atom. The molecule has 6 N–H and O–H groups in total. The molecule has 1 saturated carbocycles. The van der Waals surface area contributed by atoms with Crippen LogP contribution < -0.4 is 21.5 Å². The zero-order valence-corrected chi connectivity index (χ0v) is 19.4. The van der Waals surface area contributed by atoms with Gasteiger partial charge in [-0.1, -0.05) is 24.3 Å². The second-order valence-electron chi connectivity index (χ2n) is 8.38. The van der Waals surface area contributed by atoms with Crippen LogP contribution in [0.4, 0.5) is 16.4 Å². The number of anilines is 2. The molecule has 10 nitrogen and oxygen atoms in total. The Balaban J connectivity index is 1.40. The molecule has 5 rings (SSSR count). The summed E-state index contributed by atoms with van der Waals surface area (Å²) in [6.07, 6.45) is 2.11. The van der Waals surface area contributed by atoms with Crippen molar-refractivity contribution in [3.8, 4) is 11.3 Å². The van der Waals surface area contributed by atoms with Crippen molar-refractivity contribution < 1.29 is 13.2 Å². The third kappa shape index (κ3) is 5.20. The van der Waals surface area contributed by atoms with Gasteiger partial charge in [0.25, 0.3) is 0 Å². The van der Waals surface area contributed by atoms with Crippen LogP contribution in [0.25, 0.3) is 22.3 Å². The normalized spacial score (nSPS) is 13.5. The minimum Gasteiger partial charge on any atom is -0.351 e. The van der Waals surface area contributed by atoms with E-state index in [-0.39, 0.29) is 4.90 Å². The van der Waals surface area contributed by atoms with Crippen molar-refractivity contribution in [2.75, 3.05) is 10.6 Å². The van der Waals surface area contributed by atoms with E-state index in [1.54, 1.807) is 24.3 Å². The van der Waals surface area contributed by atoms with Crippen LogP contribution in [0.15, 0.2) is 65.6 Å². The number of carbonyl (C=O) groups is 1. The molecule has 0 saturated heterocycles. The minimum atomic E-state index is -3.72. The van der Waals surface area contributed by atoms with Crippen molar-refractivity contribution in [1.82, 2.24) is 15.0 Å². The second-order valence-corrected chi connectivity index (χ2v) is 9.94. The Hall–Kier alpha value is -4.09. The van der Waals surface area contributed by atoms with Gasteiger partial charge < -0.3 is 16.4 Å². The van der Waals surface area contributed by atoms with Gasteiger partial charge >= 0.3 is 6.03 Å². The molecule has 2 aromatic carbocycles. The molecule has 11 heteroatoms. The minimum absolute atomic E-state index is 0.0693. The van der Waals surface area contributed by atoms with Crippen LogP contribution in [-0.2, 0) is 16.6 Å². The van der Waals surface area contributed by atoms with E-state index < -0.39 is 16.1 Å². The molecule has 2 aromatic heterocycles. The molecule has 0 spiro atoms. The van der Waals surface area contributed by atoms with Gasteiger partial charge in [0, 0.05) is 23.7 Å². The van der Waals surface area contributed by atoms with E-state index in [0.717, 1.165) is 46.4 Å². The number of nitrogens with two attached hydrogens (primary N) is 2. The van der Waals surface area contributed by atoms with Crippen LogP contribution >= 0.6 is 0 Å². The first-order chi connectivity index (χ1) is 16.8. The molecule has 4 aromatic rings. The molecular weight excluding hydrogens is 466 g/mol. The van der Waals surface area contributed by atoms with Crippen LogP contribution in [0, 0.1) is 0 Å². The van der Waals surface area contributed by atoms with Crippen LogP contribution in [0.1, 0.15) is 30.0 Å². The number of benzene rings is 2. The molecule has 0 radical (unpaired) electrons. The number of primary amides is 1. The lowest BCUT2D eigenvalue weighted by atomic mass is 10.1. The quantitative estimate of drug-likeness (QED) is 0.309. The molecular formula is C24H23N7O3S. The average molecular weight is 490 g/mol. The summed E-state index contributed by atoms with van der Waals surface area (Å²) in [7, 11) is -3.72. The number of sulfonamides is 1. The number of urea groups is 1. The summed E-state index contributed by atoms with van der Waals surface area (Å²) in [5, 5.41) is 10.9. The van der Waals surface area contributed by atoms with Crippen molar-refractivity contribution in [3.05, 3.63) is 71.9 Å². The molecule has 1 aliphatic rings. The van der Waals surface area contributed by atoms with E-state index in [1.165, 1.54) is 12.1 Å². The number of nitrogens with one attached hydrogen (secondary N) is 2. The van der Waals surface area contributed by atoms with E-state index in [4.69, 9.17) is 20.8 Å². The lowest BCUT2D eigenvalue weighted by Gasteiger charge is -2.11. The molecule has 178 valence electrons. The summed E-state index contributed by atoms with van der Waals surface area (Å²) >= 11 is 0. The Labute approximate surface area is 201 Å². The van der Waals surface area contributed by atoms with Gasteiger partial charge in [0.1, 0.15) is 5.52 Å². The predicted octanol–water partition coefficient (Wildman–Crippen LogP) is 3.32. The van der Waals surface area contributed by atoms with Crippen LogP contribution in [0.3, 0.4) is 0 Å². The van der Waals surface area contributed by atoms with Crippen molar-refractivity contribution in [2.45, 2.75) is 30.2 Å². The third-order valence-electron chi connectivity index (χ3n) is 5.68. The lowest BCUT2D eigenvalue weighted by Crippen LogP contribution is -2.19. The van der Waals surface area contributed by atoms with Crippen molar-refractivity contribution in [3.63, 3.8) is 0 Å². The van der Waals surface area contributed by atoms with E-state index >= 15 is 0 Å². The first-order valence-electron chi connectivity index (χ1n) is 11.0. The van der Waals surface area contributed by atoms with Crippen LogP contribution in [0.5, 0.6) is 0 Å². The third-order valence-corrected chi connectivity index (χ3v) is 6.61. The first-order valence-corrected chi connectivity index (χ1v) is 12.5. The number of hydrogen-bond acceptors (Lipinski definition) is 7. The monoisotopic (exact) mass is 489 g/mol. The summed E-state index contributed by atoms with van der Waals surface area (Å²) in [4.78, 5) is 25.4. The van der Waals surface area contributed by atoms with Gasteiger partial charge in [0.15, 0.2) is 0 Å². The smallest absolute Gasteiger partial charge is 0.316 e. The molecule has 2 amide bonds. The van der Waals surface area contributed by atoms with Crippen LogP contribution in [-0.4, -0.2) is 29.4 Å². The number of rotatable bonds is 7. The van der Waals surface area contributed by atoms with Gasteiger partial charge in [-0.05, 0) is 54.8 Å². The highest BCUT2D eigenvalue weighted by atomic mass is 32.2. The van der Waals surface area contributed by atoms with Gasteiger partial charge in [0.2, 0.25) is 16.0 Å². The fraction of sp³-hybridized carbons (Fsp3) is 0.167. The number of hydrogen-bond donors (Lipinski definition) is 4. The Kier molecular flexibility index (Phi) is 5.79. The topological polar surface area (TPSA) is 166 Å². The molecule has 0 aliphatic heterocycles. The summed E-state index contributed by atoms with van der Waals surface area (Å²) in [5.74, 6) is 0.839. The number of aromatic nitrogens is 3. The summed E-state index contributed by atoms with van der Waals surface area (Å²) in [5.41, 5.74) is 10.8. The Bertz CT molecular complexity index is 1520. The number of carbonyl (C=O) groups excluding carboxylic acids is 1. The maximum atomic E-state index is 11.4. The van der Waals surface area contributed by atoms with E-state index in [1.807, 2.05) is 24.3 Å². The highest BCUT2D eigenvalue weighted by molar-refractivity contribution is 7.89. The predicted molar refractivity (Wildman–Crippen MR) is 133 cm³/mol. The fourth-order valence-corrected chi connectivity index (χ4v) is 4.28. The summed E-state index contributed by atoms with van der Waals surface area (Å²) in [6.45, 7) is 0.428. The highest BCUT2D eigenvalue weighted by Gasteiger charge is 2.29. The molecule has 0 bridgehead atoms. The largest absolute Gasteiger partial charge is 0.351 e. The van der Waals surface area contributed by atoms with E-state index in [9.17, 15) is 13.2 Å². The average Bonchev–Trinajstić information content (AvgIpc) is 3.67. The van der Waals surface area contributed by atoms with Crippen LogP contribution in [0.2, 0.25) is 0 Å². The maximum absolute atomic E-state index is 11.4. The molecule has 1 aliphatic carbocycles. The standard InChI is InChI=1S/C24H23N7O3S/c25-23(32)28-17-7-5-15(6-8-17)19-11-12-20-22(29-19)21(16-3-4-16)31-24(30-20)27-13-14-1-9-18(10-2-14)35(26,33)34/h1-2,5-12,16H,3-4,13H2,(H3,25,28,32)(H2,26,33,34)(H,27,30,31). The Morgan fingerprint density at radius 1 is 0.943 bits per heavy atom. The van der Waals surface area contributed by atoms with E-state index in [0.29, 0.717) is 24.1 Å². The SMILES string of the molecule is NC(=O)Nc1ccc(-c2ccc3nc(NCc4ccc(S(N)(=O)=O)cc4)nc(C4CC4)c3n2)cc1. The van der Waals surface area contributed by atoms with Gasteiger partial charge in [0.05, 0.1) is 21.8 Å². The molecule has 35 heavy (non-hydrogen) atoms. The number of fused-ring (bicyclic) bond motifs is 1. The Morgan fingerprint density at radius 2 is 1.66 bits per heavy atom. The molecule has 1 fully saturated rings. The zero-order valence-electron chi connectivity index (χ0n) is 18.6. The van der Waals surface area contributed by atoms with E-state index in [2.05, 4.69) is 15.6 Å². The van der Waals surface area contributed by atoms with Crippen molar-refractivity contribution in [1.29, 1.82) is 0 Å². The fourth-order valence-electron chi connectivity index (χ4n) is 3.76. The maximum Gasteiger partial charge on any atom is 0.316 e. The highest BCUT2D eigenvalue weighted by Crippen LogP contribution is 2.42. The zero-order chi connectivity index (χ0) is 24.6. The molecule has 0 unspecified atom stereocenters. The van der Waals surface area contributed by atoms with Gasteiger partial charge in [-0.25, -0.2) is 33.3 Å². The number of nitrogens with zero attached hydrogens (tertiary/aromatic N) is 3. The number of primary sulfonamides is 1. The van der Waals surface area contributed by atoms with Gasteiger partial charge in [-0.2, -0.15) is 0 Å². The number of amides is 2. The number of pyridine rings is 1. The van der Waals surface area contributed by atoms with Gasteiger partial charge in [-0.3, -0.25) is 0 Å². The summed E-state index contributed by atoms with van der Waals surface area (Å²) in [6, 6.07) is 16.8. The van der Waals surface area contributed by atoms with Crippen molar-refractivity contribution >= 4 is 38.7 Å².